The Kier molecular flexibility index (Phi) is 4.62. The molecule has 0 atom stereocenters. The molecule has 2 aromatic carbocycles. The molecule has 31 heavy (non-hydrogen) atoms. The summed E-state index contributed by atoms with van der Waals surface area (Å²) in [6, 6.07) is 11.5. The molecule has 0 saturated heterocycles. The zero-order chi connectivity index (χ0) is 21.9. The molecule has 2 aromatic heterocycles. The highest BCUT2D eigenvalue weighted by molar-refractivity contribution is 5.69. The van der Waals surface area contributed by atoms with E-state index in [0.29, 0.717) is 11.8 Å². The van der Waals surface area contributed by atoms with Gasteiger partial charge in [0.05, 0.1) is 18.3 Å². The maximum Gasteiger partial charge on any atom is 0.294 e. The Morgan fingerprint density at radius 3 is 2.35 bits per heavy atom. The van der Waals surface area contributed by atoms with E-state index < -0.39 is 0 Å². The van der Waals surface area contributed by atoms with Crippen LogP contribution in [0.15, 0.2) is 55.1 Å². The number of fused-ring (bicyclic) bond motifs is 3. The predicted octanol–water partition coefficient (Wildman–Crippen LogP) is 5.61. The molecule has 4 heteroatoms. The third-order valence-electron chi connectivity index (χ3n) is 6.58. The smallest absolute Gasteiger partial charge is 0.294 e. The number of benzene rings is 2. The quantitative estimate of drug-likeness (QED) is 0.353. The largest absolute Gasteiger partial charge is 0.303 e. The Hall–Kier alpha value is -3.14. The van der Waals surface area contributed by atoms with E-state index in [9.17, 15) is 0 Å². The first-order valence-corrected chi connectivity index (χ1v) is 11.2. The van der Waals surface area contributed by atoms with Gasteiger partial charge in [-0.2, -0.15) is 4.57 Å². The number of rotatable bonds is 4. The lowest BCUT2D eigenvalue weighted by Crippen LogP contribution is -2.29. The van der Waals surface area contributed by atoms with Crippen LogP contribution in [-0.4, -0.2) is 14.1 Å². The number of aromatic nitrogens is 4. The minimum Gasteiger partial charge on any atom is -0.303 e. The molecule has 0 amide bonds. The van der Waals surface area contributed by atoms with Crippen molar-refractivity contribution in [2.75, 3.05) is 0 Å². The molecule has 1 aliphatic heterocycles. The topological polar surface area (TPSA) is 26.6 Å². The van der Waals surface area contributed by atoms with Crippen LogP contribution in [0.2, 0.25) is 0 Å². The number of nitrogens with zero attached hydrogens (tertiary/aromatic N) is 4. The summed E-state index contributed by atoms with van der Waals surface area (Å²) in [5, 5.41) is 0. The molecular formula is C27H31N4+. The first-order valence-electron chi connectivity index (χ1n) is 11.2. The fraction of sp³-hybridized carbons (Fsp3) is 0.333. The highest BCUT2D eigenvalue weighted by atomic mass is 15.1. The summed E-state index contributed by atoms with van der Waals surface area (Å²) in [6.07, 6.45) is 9.27. The van der Waals surface area contributed by atoms with Gasteiger partial charge in [-0.05, 0) is 36.0 Å². The van der Waals surface area contributed by atoms with Crippen LogP contribution in [0.3, 0.4) is 0 Å². The maximum atomic E-state index is 4.53. The Morgan fingerprint density at radius 1 is 0.968 bits per heavy atom. The van der Waals surface area contributed by atoms with Crippen molar-refractivity contribution in [1.29, 1.82) is 0 Å². The second-order valence-electron chi connectivity index (χ2n) is 9.38. The highest BCUT2D eigenvalue weighted by Crippen LogP contribution is 2.36. The van der Waals surface area contributed by atoms with E-state index in [-0.39, 0.29) is 0 Å². The van der Waals surface area contributed by atoms with Gasteiger partial charge in [0.2, 0.25) is 0 Å². The van der Waals surface area contributed by atoms with E-state index in [1.165, 1.54) is 45.0 Å². The predicted molar refractivity (Wildman–Crippen MR) is 125 cm³/mol. The van der Waals surface area contributed by atoms with Crippen LogP contribution in [0.5, 0.6) is 0 Å². The summed E-state index contributed by atoms with van der Waals surface area (Å²) in [5.74, 6) is 3.23. The minimum absolute atomic E-state index is 0.448. The lowest BCUT2D eigenvalue weighted by atomic mass is 9.92. The first-order chi connectivity index (χ1) is 14.9. The second kappa shape index (κ2) is 7.23. The molecule has 4 nitrogen and oxygen atoms in total. The van der Waals surface area contributed by atoms with Crippen LogP contribution >= 0.6 is 0 Å². The summed E-state index contributed by atoms with van der Waals surface area (Å²) in [5.41, 5.74) is 9.27. The lowest BCUT2D eigenvalue weighted by Gasteiger charge is -2.18. The summed E-state index contributed by atoms with van der Waals surface area (Å²) >= 11 is 0. The van der Waals surface area contributed by atoms with Gasteiger partial charge in [-0.15, -0.1) is 0 Å². The summed E-state index contributed by atoms with van der Waals surface area (Å²) in [7, 11) is 2.15. The standard InChI is InChI=1S/C27H31N4/c1-17(2)21-8-7-9-22(18(3)4)26(21)31-13-12-29(6)27(31)23-16-24-20(14-19(23)5)15-25-28-10-11-30(24)25/h7-14,16-18H,15H2,1-6H3/q+1. The molecule has 5 rings (SSSR count). The molecule has 0 N–H and O–H groups in total. The molecule has 0 aliphatic carbocycles. The molecule has 0 fully saturated rings. The van der Waals surface area contributed by atoms with E-state index in [1.807, 2.05) is 6.20 Å². The molecule has 0 unspecified atom stereocenters. The van der Waals surface area contributed by atoms with Crippen molar-refractivity contribution in [3.05, 3.63) is 83.2 Å². The van der Waals surface area contributed by atoms with Crippen molar-refractivity contribution in [3.63, 3.8) is 0 Å². The van der Waals surface area contributed by atoms with Crippen LogP contribution in [0.25, 0.3) is 22.8 Å². The zero-order valence-corrected chi connectivity index (χ0v) is 19.3. The van der Waals surface area contributed by atoms with Crippen LogP contribution in [-0.2, 0) is 13.5 Å². The van der Waals surface area contributed by atoms with E-state index in [1.54, 1.807) is 0 Å². The van der Waals surface area contributed by atoms with Gasteiger partial charge in [0.15, 0.2) is 0 Å². The molecule has 0 radical (unpaired) electrons. The van der Waals surface area contributed by atoms with E-state index in [0.717, 1.165) is 12.2 Å². The van der Waals surface area contributed by atoms with Crippen molar-refractivity contribution < 1.29 is 4.57 Å². The van der Waals surface area contributed by atoms with Crippen molar-refractivity contribution in [3.8, 4) is 22.8 Å². The summed E-state index contributed by atoms with van der Waals surface area (Å²) in [4.78, 5) is 4.53. The highest BCUT2D eigenvalue weighted by Gasteiger charge is 2.29. The second-order valence-corrected chi connectivity index (χ2v) is 9.38. The Bertz CT molecular complexity index is 1260. The molecule has 158 valence electrons. The molecule has 0 bridgehead atoms. The summed E-state index contributed by atoms with van der Waals surface area (Å²) in [6.45, 7) is 11.4. The molecular weight excluding hydrogens is 380 g/mol. The molecule has 4 aromatic rings. The van der Waals surface area contributed by atoms with Crippen LogP contribution in [0.1, 0.15) is 67.6 Å². The average Bonchev–Trinajstić information content (AvgIpc) is 3.41. The van der Waals surface area contributed by atoms with Gasteiger partial charge in [-0.25, -0.2) is 9.55 Å². The number of aryl methyl sites for hydroxylation is 2. The minimum atomic E-state index is 0.448. The van der Waals surface area contributed by atoms with Crippen molar-refractivity contribution in [2.24, 2.45) is 7.05 Å². The van der Waals surface area contributed by atoms with E-state index in [2.05, 4.69) is 109 Å². The first kappa shape index (κ1) is 19.8. The number of para-hydroxylation sites is 1. The number of hydrogen-bond acceptors (Lipinski definition) is 1. The fourth-order valence-corrected chi connectivity index (χ4v) is 4.99. The van der Waals surface area contributed by atoms with E-state index in [4.69, 9.17) is 0 Å². The van der Waals surface area contributed by atoms with Crippen molar-refractivity contribution in [2.45, 2.75) is 52.9 Å². The summed E-state index contributed by atoms with van der Waals surface area (Å²) < 4.78 is 6.88. The van der Waals surface area contributed by atoms with Crippen LogP contribution < -0.4 is 4.57 Å². The number of hydrogen-bond donors (Lipinski definition) is 0. The van der Waals surface area contributed by atoms with Gasteiger partial charge in [-0.1, -0.05) is 52.0 Å². The van der Waals surface area contributed by atoms with E-state index >= 15 is 0 Å². The van der Waals surface area contributed by atoms with Crippen LogP contribution in [0, 0.1) is 6.92 Å². The number of imidazole rings is 2. The zero-order valence-electron chi connectivity index (χ0n) is 19.3. The Labute approximate surface area is 184 Å². The normalized spacial score (nSPS) is 12.6. The third kappa shape index (κ3) is 3.04. The van der Waals surface area contributed by atoms with Crippen LogP contribution in [0.4, 0.5) is 0 Å². The Balaban J connectivity index is 1.78. The van der Waals surface area contributed by atoms with Crippen molar-refractivity contribution >= 4 is 0 Å². The molecule has 1 aliphatic rings. The SMILES string of the molecule is Cc1cc2c(cc1-c1n(-c3c(C(C)C)cccc3C(C)C)cc[n+]1C)-n1ccnc1C2. The van der Waals surface area contributed by atoms with Crippen molar-refractivity contribution in [1.82, 2.24) is 14.1 Å². The monoisotopic (exact) mass is 411 g/mol. The fourth-order valence-electron chi connectivity index (χ4n) is 4.99. The Morgan fingerprint density at radius 2 is 1.68 bits per heavy atom. The van der Waals surface area contributed by atoms with Gasteiger partial charge in [-0.3, -0.25) is 0 Å². The van der Waals surface area contributed by atoms with Gasteiger partial charge in [0.1, 0.15) is 23.9 Å². The van der Waals surface area contributed by atoms with Gasteiger partial charge in [0.25, 0.3) is 5.82 Å². The lowest BCUT2D eigenvalue weighted by molar-refractivity contribution is -0.659. The average molecular weight is 412 g/mol. The van der Waals surface area contributed by atoms with Gasteiger partial charge in [0, 0.05) is 29.9 Å². The third-order valence-corrected chi connectivity index (χ3v) is 6.58. The molecule has 0 spiro atoms. The molecule has 0 saturated carbocycles. The molecule has 3 heterocycles. The van der Waals surface area contributed by atoms with Gasteiger partial charge < -0.3 is 4.57 Å². The maximum absolute atomic E-state index is 4.53. The van der Waals surface area contributed by atoms with Gasteiger partial charge >= 0.3 is 0 Å².